The molecule has 0 heterocycles. The molecule has 1 unspecified atom stereocenters. The van der Waals surface area contributed by atoms with Gasteiger partial charge in [0.05, 0.1) is 0 Å². The van der Waals surface area contributed by atoms with E-state index in [-0.39, 0.29) is 0 Å². The van der Waals surface area contributed by atoms with Gasteiger partial charge in [-0.3, -0.25) is 0 Å². The Labute approximate surface area is 98.8 Å². The molecule has 0 aromatic carbocycles. The van der Waals surface area contributed by atoms with Gasteiger partial charge in [-0.05, 0) is 36.8 Å². The van der Waals surface area contributed by atoms with E-state index >= 15 is 0 Å². The monoisotopic (exact) mass is 230 g/mol. The highest BCUT2D eigenvalue weighted by atomic mass is 32.2. The molecule has 15 heavy (non-hydrogen) atoms. The van der Waals surface area contributed by atoms with Gasteiger partial charge in [0, 0.05) is 12.6 Å². The molecule has 1 aliphatic carbocycles. The van der Waals surface area contributed by atoms with Crippen LogP contribution in [0.1, 0.15) is 39.0 Å². The van der Waals surface area contributed by atoms with Crippen LogP contribution in [0.3, 0.4) is 0 Å². The van der Waals surface area contributed by atoms with Gasteiger partial charge in [0.25, 0.3) is 0 Å². The van der Waals surface area contributed by atoms with Crippen LogP contribution in [0.5, 0.6) is 0 Å². The molecule has 0 radical (unpaired) electrons. The molecule has 0 bridgehead atoms. The van der Waals surface area contributed by atoms with Crippen molar-refractivity contribution >= 4 is 11.8 Å². The van der Waals surface area contributed by atoms with E-state index in [4.69, 9.17) is 5.73 Å². The molecule has 0 aliphatic heterocycles. The van der Waals surface area contributed by atoms with Crippen molar-refractivity contribution < 1.29 is 0 Å². The molecule has 1 aliphatic rings. The summed E-state index contributed by atoms with van der Waals surface area (Å²) in [6.07, 6.45) is 6.95. The van der Waals surface area contributed by atoms with Gasteiger partial charge in [0.1, 0.15) is 0 Å². The first-order chi connectivity index (χ1) is 7.36. The summed E-state index contributed by atoms with van der Waals surface area (Å²) in [4.78, 5) is 0. The molecular formula is C12H26N2S. The van der Waals surface area contributed by atoms with Crippen molar-refractivity contribution in [1.29, 1.82) is 0 Å². The normalized spacial score (nSPS) is 18.8. The average molecular weight is 230 g/mol. The van der Waals surface area contributed by atoms with Crippen LogP contribution in [-0.4, -0.2) is 30.6 Å². The molecule has 1 saturated carbocycles. The van der Waals surface area contributed by atoms with Crippen LogP contribution in [0, 0.1) is 5.92 Å². The van der Waals surface area contributed by atoms with Crippen LogP contribution in [0.2, 0.25) is 0 Å². The lowest BCUT2D eigenvalue weighted by molar-refractivity contribution is 0.287. The van der Waals surface area contributed by atoms with Crippen molar-refractivity contribution in [2.75, 3.05) is 24.6 Å². The second-order valence-electron chi connectivity index (χ2n) is 4.46. The Hall–Kier alpha value is 0.270. The van der Waals surface area contributed by atoms with Crippen molar-refractivity contribution in [2.24, 2.45) is 11.7 Å². The lowest BCUT2D eigenvalue weighted by atomic mass is 9.83. The van der Waals surface area contributed by atoms with Gasteiger partial charge >= 0.3 is 0 Å². The zero-order valence-electron chi connectivity index (χ0n) is 10.0. The smallest absolute Gasteiger partial charge is 0.0198 e. The highest BCUT2D eigenvalue weighted by Gasteiger charge is 2.16. The van der Waals surface area contributed by atoms with E-state index in [0.29, 0.717) is 6.04 Å². The summed E-state index contributed by atoms with van der Waals surface area (Å²) < 4.78 is 0. The zero-order chi connectivity index (χ0) is 10.9. The van der Waals surface area contributed by atoms with E-state index in [1.807, 2.05) is 11.8 Å². The van der Waals surface area contributed by atoms with Crippen LogP contribution in [0.4, 0.5) is 0 Å². The summed E-state index contributed by atoms with van der Waals surface area (Å²) in [5, 5.41) is 3.59. The zero-order valence-corrected chi connectivity index (χ0v) is 10.8. The first kappa shape index (κ1) is 13.3. The van der Waals surface area contributed by atoms with Gasteiger partial charge in [-0.15, -0.1) is 0 Å². The predicted molar refractivity (Wildman–Crippen MR) is 70.4 cm³/mol. The minimum Gasteiger partial charge on any atom is -0.329 e. The topological polar surface area (TPSA) is 38.0 Å². The molecule has 3 N–H and O–H groups in total. The van der Waals surface area contributed by atoms with Crippen molar-refractivity contribution in [2.45, 2.75) is 45.1 Å². The number of thioether (sulfide) groups is 1. The number of hydrogen-bond donors (Lipinski definition) is 2. The molecular weight excluding hydrogens is 204 g/mol. The highest BCUT2D eigenvalue weighted by molar-refractivity contribution is 7.99. The number of nitrogens with one attached hydrogen (secondary N) is 1. The van der Waals surface area contributed by atoms with E-state index in [0.717, 1.165) is 12.5 Å². The third-order valence-corrected chi connectivity index (χ3v) is 4.24. The maximum Gasteiger partial charge on any atom is 0.0198 e. The minimum absolute atomic E-state index is 0.545. The molecule has 0 spiro atoms. The third kappa shape index (κ3) is 5.79. The van der Waals surface area contributed by atoms with Gasteiger partial charge < -0.3 is 11.1 Å². The summed E-state index contributed by atoms with van der Waals surface area (Å²) in [5.41, 5.74) is 5.75. The van der Waals surface area contributed by atoms with Crippen molar-refractivity contribution in [3.8, 4) is 0 Å². The Kier molecular flexibility index (Phi) is 7.49. The number of rotatable bonds is 9. The Morgan fingerprint density at radius 1 is 1.47 bits per heavy atom. The summed E-state index contributed by atoms with van der Waals surface area (Å²) >= 11 is 2.01. The predicted octanol–water partition coefficient (Wildman–Crippen LogP) is 2.24. The van der Waals surface area contributed by atoms with Gasteiger partial charge in [-0.1, -0.05) is 26.2 Å². The van der Waals surface area contributed by atoms with Gasteiger partial charge in [0.15, 0.2) is 0 Å². The fraction of sp³-hybridized carbons (Fsp3) is 1.00. The molecule has 0 aromatic heterocycles. The van der Waals surface area contributed by atoms with E-state index in [1.54, 1.807) is 0 Å². The second-order valence-corrected chi connectivity index (χ2v) is 5.85. The maximum atomic E-state index is 5.75. The van der Waals surface area contributed by atoms with Crippen molar-refractivity contribution in [1.82, 2.24) is 5.32 Å². The molecule has 1 atom stereocenters. The molecule has 1 rings (SSSR count). The first-order valence-electron chi connectivity index (χ1n) is 6.38. The third-order valence-electron chi connectivity index (χ3n) is 3.31. The second kappa shape index (κ2) is 8.43. The first-order valence-corrected chi connectivity index (χ1v) is 7.53. The summed E-state index contributed by atoms with van der Waals surface area (Å²) in [5.74, 6) is 3.48. The standard InChI is InChI=1S/C12H26N2S/c1-2-15-9-7-12(10-13)14-8-6-11-4-3-5-11/h11-12,14H,2-10,13H2,1H3. The summed E-state index contributed by atoms with van der Waals surface area (Å²) in [7, 11) is 0. The van der Waals surface area contributed by atoms with Crippen LogP contribution in [0.25, 0.3) is 0 Å². The van der Waals surface area contributed by atoms with Crippen molar-refractivity contribution in [3.63, 3.8) is 0 Å². The molecule has 2 nitrogen and oxygen atoms in total. The molecule has 0 amide bonds. The fourth-order valence-electron chi connectivity index (χ4n) is 1.95. The van der Waals surface area contributed by atoms with Gasteiger partial charge in [0.2, 0.25) is 0 Å². The maximum absolute atomic E-state index is 5.75. The summed E-state index contributed by atoms with van der Waals surface area (Å²) in [6.45, 7) is 4.17. The highest BCUT2D eigenvalue weighted by Crippen LogP contribution is 2.28. The van der Waals surface area contributed by atoms with Crippen LogP contribution in [-0.2, 0) is 0 Å². The fourth-order valence-corrected chi connectivity index (χ4v) is 2.69. The molecule has 0 aromatic rings. The van der Waals surface area contributed by atoms with E-state index in [2.05, 4.69) is 12.2 Å². The van der Waals surface area contributed by atoms with E-state index < -0.39 is 0 Å². The number of nitrogens with two attached hydrogens (primary N) is 1. The Bertz CT molecular complexity index is 149. The van der Waals surface area contributed by atoms with Crippen LogP contribution < -0.4 is 11.1 Å². The molecule has 3 heteroatoms. The number of hydrogen-bond acceptors (Lipinski definition) is 3. The van der Waals surface area contributed by atoms with E-state index in [9.17, 15) is 0 Å². The Balaban J connectivity index is 1.94. The van der Waals surface area contributed by atoms with Gasteiger partial charge in [-0.25, -0.2) is 0 Å². The lowest BCUT2D eigenvalue weighted by Gasteiger charge is -2.26. The van der Waals surface area contributed by atoms with E-state index in [1.165, 1.54) is 50.2 Å². The largest absolute Gasteiger partial charge is 0.329 e. The lowest BCUT2D eigenvalue weighted by Crippen LogP contribution is -2.38. The molecule has 90 valence electrons. The average Bonchev–Trinajstić information content (AvgIpc) is 2.19. The van der Waals surface area contributed by atoms with Crippen LogP contribution in [0.15, 0.2) is 0 Å². The Morgan fingerprint density at radius 3 is 2.80 bits per heavy atom. The minimum atomic E-state index is 0.545. The summed E-state index contributed by atoms with van der Waals surface area (Å²) in [6, 6.07) is 0.545. The quantitative estimate of drug-likeness (QED) is 0.597. The molecule has 0 saturated heterocycles. The molecule has 1 fully saturated rings. The van der Waals surface area contributed by atoms with Gasteiger partial charge in [-0.2, -0.15) is 11.8 Å². The Morgan fingerprint density at radius 2 is 2.27 bits per heavy atom. The van der Waals surface area contributed by atoms with Crippen LogP contribution >= 0.6 is 11.8 Å². The SMILES string of the molecule is CCSCCC(CN)NCCC1CCC1. The van der Waals surface area contributed by atoms with Crippen molar-refractivity contribution in [3.05, 3.63) is 0 Å².